The topological polar surface area (TPSA) is 83.0 Å². The predicted octanol–water partition coefficient (Wildman–Crippen LogP) is 6.41. The minimum Gasteiger partial charge on any atom is -0.497 e. The van der Waals surface area contributed by atoms with Crippen LogP contribution in [-0.2, 0) is 23.1 Å². The van der Waals surface area contributed by atoms with E-state index in [0.717, 1.165) is 75.2 Å². The quantitative estimate of drug-likeness (QED) is 0.167. The van der Waals surface area contributed by atoms with Crippen LogP contribution in [0.5, 0.6) is 5.75 Å². The Morgan fingerprint density at radius 3 is 2.64 bits per heavy atom. The largest absolute Gasteiger partial charge is 0.497 e. The molecule has 244 valence electrons. The Morgan fingerprint density at radius 2 is 1.94 bits per heavy atom. The molecule has 8 heteroatoms. The Hall–Kier alpha value is -4.16. The molecular formula is C39H43N3O4S. The van der Waals surface area contributed by atoms with Gasteiger partial charge in [0, 0.05) is 54.9 Å². The molecule has 0 radical (unpaired) electrons. The van der Waals surface area contributed by atoms with Crippen molar-refractivity contribution >= 4 is 26.6 Å². The fraction of sp³-hybridized carbons (Fsp3) is 0.359. The summed E-state index contributed by atoms with van der Waals surface area (Å²) >= 11 is 0. The summed E-state index contributed by atoms with van der Waals surface area (Å²) in [5.74, 6) is 7.24. The molecule has 2 aliphatic heterocycles. The van der Waals surface area contributed by atoms with Crippen molar-refractivity contribution in [2.24, 2.45) is 11.8 Å². The van der Waals surface area contributed by atoms with Gasteiger partial charge in [-0.15, -0.1) is 12.5 Å². The SMILES string of the molecule is C=C[C@H]1CN(c2cc3c(c(C#CC)c2C)CN(S(C)(=O)=O)C3)CC[C@H]1C[C@@H](O)[C@@H](c1ccccc1)c1ccnc2ccc(OC)cc12. The molecule has 6 rings (SSSR count). The third-order valence-electron chi connectivity index (χ3n) is 10.0. The second-order valence-electron chi connectivity index (χ2n) is 12.8. The summed E-state index contributed by atoms with van der Waals surface area (Å²) in [7, 11) is -1.66. The zero-order chi connectivity index (χ0) is 33.3. The van der Waals surface area contributed by atoms with E-state index < -0.39 is 16.1 Å². The number of aromatic nitrogens is 1. The lowest BCUT2D eigenvalue weighted by Gasteiger charge is -2.41. The number of piperidine rings is 1. The van der Waals surface area contributed by atoms with E-state index in [1.807, 2.05) is 61.7 Å². The average Bonchev–Trinajstić information content (AvgIpc) is 3.52. The van der Waals surface area contributed by atoms with E-state index >= 15 is 0 Å². The molecular weight excluding hydrogens is 607 g/mol. The fourth-order valence-corrected chi connectivity index (χ4v) is 8.28. The van der Waals surface area contributed by atoms with Crippen LogP contribution in [0.25, 0.3) is 10.9 Å². The van der Waals surface area contributed by atoms with E-state index in [9.17, 15) is 13.5 Å². The Labute approximate surface area is 279 Å². The Kier molecular flexibility index (Phi) is 9.43. The first-order chi connectivity index (χ1) is 22.6. The summed E-state index contributed by atoms with van der Waals surface area (Å²) in [6.07, 6.45) is 6.00. The molecule has 1 N–H and O–H groups in total. The number of sulfonamides is 1. The number of pyridine rings is 1. The Morgan fingerprint density at radius 1 is 1.15 bits per heavy atom. The summed E-state index contributed by atoms with van der Waals surface area (Å²) in [6.45, 7) is 10.5. The van der Waals surface area contributed by atoms with E-state index in [2.05, 4.69) is 53.4 Å². The number of anilines is 1. The summed E-state index contributed by atoms with van der Waals surface area (Å²) in [6, 6.07) is 20.3. The highest BCUT2D eigenvalue weighted by Crippen LogP contribution is 2.41. The number of hydrogen-bond acceptors (Lipinski definition) is 6. The van der Waals surface area contributed by atoms with Crippen molar-refractivity contribution < 1.29 is 18.3 Å². The number of nitrogens with zero attached hydrogens (tertiary/aromatic N) is 3. The number of benzene rings is 3. The summed E-state index contributed by atoms with van der Waals surface area (Å²) in [5, 5.41) is 13.1. The number of hydrogen-bond donors (Lipinski definition) is 1. The second kappa shape index (κ2) is 13.5. The number of fused-ring (bicyclic) bond motifs is 2. The first kappa shape index (κ1) is 32.8. The van der Waals surface area contributed by atoms with Gasteiger partial charge in [-0.25, -0.2) is 8.42 Å². The van der Waals surface area contributed by atoms with Crippen LogP contribution in [-0.4, -0.2) is 55.4 Å². The maximum Gasteiger partial charge on any atom is 0.211 e. The molecule has 0 aliphatic carbocycles. The van der Waals surface area contributed by atoms with Crippen LogP contribution >= 0.6 is 0 Å². The third-order valence-corrected chi connectivity index (χ3v) is 11.2. The summed E-state index contributed by atoms with van der Waals surface area (Å²) in [4.78, 5) is 6.99. The van der Waals surface area contributed by atoms with Gasteiger partial charge in [0.15, 0.2) is 0 Å². The molecule has 0 bridgehead atoms. The van der Waals surface area contributed by atoms with Crippen LogP contribution in [0, 0.1) is 30.6 Å². The molecule has 0 amide bonds. The lowest BCUT2D eigenvalue weighted by molar-refractivity contribution is 0.109. The molecule has 0 spiro atoms. The van der Waals surface area contributed by atoms with E-state index in [4.69, 9.17) is 4.74 Å². The van der Waals surface area contributed by atoms with Crippen molar-refractivity contribution in [3.05, 3.63) is 113 Å². The molecule has 1 saturated heterocycles. The maximum absolute atomic E-state index is 12.4. The fourth-order valence-electron chi connectivity index (χ4n) is 7.55. The zero-order valence-electron chi connectivity index (χ0n) is 27.6. The predicted molar refractivity (Wildman–Crippen MR) is 189 cm³/mol. The highest BCUT2D eigenvalue weighted by atomic mass is 32.2. The van der Waals surface area contributed by atoms with Gasteiger partial charge in [-0.3, -0.25) is 4.98 Å². The number of methoxy groups -OCH3 is 1. The molecule has 2 aliphatic rings. The highest BCUT2D eigenvalue weighted by Gasteiger charge is 2.35. The minimum atomic E-state index is -3.32. The molecule has 1 aromatic heterocycles. The molecule has 4 aromatic rings. The molecule has 4 atom stereocenters. The first-order valence-corrected chi connectivity index (χ1v) is 18.0. The lowest BCUT2D eigenvalue weighted by Crippen LogP contribution is -2.41. The van der Waals surface area contributed by atoms with Gasteiger partial charge in [-0.1, -0.05) is 42.3 Å². The van der Waals surface area contributed by atoms with Crippen molar-refractivity contribution in [1.29, 1.82) is 0 Å². The molecule has 3 aromatic carbocycles. The lowest BCUT2D eigenvalue weighted by atomic mass is 9.76. The number of aliphatic hydroxyl groups excluding tert-OH is 1. The van der Waals surface area contributed by atoms with E-state index in [1.54, 1.807) is 7.11 Å². The summed E-state index contributed by atoms with van der Waals surface area (Å²) < 4.78 is 31.9. The van der Waals surface area contributed by atoms with Gasteiger partial charge in [0.05, 0.1) is 25.0 Å². The van der Waals surface area contributed by atoms with Crippen LogP contribution in [0.4, 0.5) is 5.69 Å². The van der Waals surface area contributed by atoms with Gasteiger partial charge in [-0.2, -0.15) is 4.31 Å². The Bertz CT molecular complexity index is 1970. The Balaban J connectivity index is 1.28. The molecule has 1 fully saturated rings. The molecule has 3 heterocycles. The van der Waals surface area contributed by atoms with Gasteiger partial charge in [0.2, 0.25) is 10.0 Å². The van der Waals surface area contributed by atoms with E-state index in [1.165, 1.54) is 10.6 Å². The van der Waals surface area contributed by atoms with Crippen LogP contribution in [0.1, 0.15) is 59.1 Å². The average molecular weight is 650 g/mol. The van der Waals surface area contributed by atoms with Gasteiger partial charge in [-0.05, 0) is 96.7 Å². The smallest absolute Gasteiger partial charge is 0.211 e. The van der Waals surface area contributed by atoms with Gasteiger partial charge in [0.1, 0.15) is 5.75 Å². The summed E-state index contributed by atoms with van der Waals surface area (Å²) in [5.41, 5.74) is 8.11. The zero-order valence-corrected chi connectivity index (χ0v) is 28.4. The monoisotopic (exact) mass is 649 g/mol. The van der Waals surface area contributed by atoms with Crippen LogP contribution < -0.4 is 9.64 Å². The molecule has 47 heavy (non-hydrogen) atoms. The van der Waals surface area contributed by atoms with E-state index in [0.29, 0.717) is 19.5 Å². The normalized spacial score (nSPS) is 19.5. The van der Waals surface area contributed by atoms with E-state index in [-0.39, 0.29) is 17.8 Å². The van der Waals surface area contributed by atoms with Crippen molar-refractivity contribution in [2.75, 3.05) is 31.4 Å². The maximum atomic E-state index is 12.4. The van der Waals surface area contributed by atoms with Crippen molar-refractivity contribution in [3.8, 4) is 17.6 Å². The molecule has 0 unspecified atom stereocenters. The van der Waals surface area contributed by atoms with Crippen LogP contribution in [0.15, 0.2) is 79.5 Å². The second-order valence-corrected chi connectivity index (χ2v) is 14.8. The molecule has 0 saturated carbocycles. The van der Waals surface area contributed by atoms with Crippen molar-refractivity contribution in [3.63, 3.8) is 0 Å². The number of aliphatic hydroxyl groups is 1. The van der Waals surface area contributed by atoms with Crippen molar-refractivity contribution in [1.82, 2.24) is 9.29 Å². The van der Waals surface area contributed by atoms with Crippen LogP contribution in [0.2, 0.25) is 0 Å². The highest BCUT2D eigenvalue weighted by molar-refractivity contribution is 7.88. The third kappa shape index (κ3) is 6.53. The standard InChI is InChI=1S/C39H43N3O4S/c1-6-11-32-26(3)37(20-30-24-42(25-35(30)32)47(5,44)45)41-19-17-29(27(7-2)23-41)21-38(43)39(28-12-9-8-10-13-28)33-16-18-40-36-15-14-31(46-4)22-34(33)36/h7-10,12-16,18,20,22,27,29,38-39,43H,2,17,19,21,23-25H2,1,3-5H3/t27-,29-,38+,39-/m0/s1. The van der Waals surface area contributed by atoms with Gasteiger partial charge in [0.25, 0.3) is 0 Å². The molecule has 7 nitrogen and oxygen atoms in total. The number of ether oxygens (including phenoxy) is 1. The first-order valence-electron chi connectivity index (χ1n) is 16.2. The van der Waals surface area contributed by atoms with Crippen LogP contribution in [0.3, 0.4) is 0 Å². The van der Waals surface area contributed by atoms with Gasteiger partial charge < -0.3 is 14.7 Å². The number of rotatable bonds is 9. The van der Waals surface area contributed by atoms with Gasteiger partial charge >= 0.3 is 0 Å². The van der Waals surface area contributed by atoms with Crippen molar-refractivity contribution in [2.45, 2.75) is 51.8 Å². The minimum absolute atomic E-state index is 0.157.